The maximum Gasteiger partial charge on any atom is 0.121 e. The minimum atomic E-state index is 0.546. The van der Waals surface area contributed by atoms with Crippen LogP contribution in [0.4, 0.5) is 0 Å². The highest BCUT2D eigenvalue weighted by Gasteiger charge is 2.06. The van der Waals surface area contributed by atoms with E-state index in [2.05, 4.69) is 31.3 Å². The lowest BCUT2D eigenvalue weighted by molar-refractivity contribution is 0.411. The first kappa shape index (κ1) is 11.1. The molecule has 0 spiro atoms. The van der Waals surface area contributed by atoms with Crippen LogP contribution in [0.2, 0.25) is 0 Å². The SMILES string of the molecule is CNCC(C)c1ccc(OC)c(C)c1. The summed E-state index contributed by atoms with van der Waals surface area (Å²) < 4.78 is 5.22. The van der Waals surface area contributed by atoms with Crippen LogP contribution < -0.4 is 10.1 Å². The third kappa shape index (κ3) is 2.48. The van der Waals surface area contributed by atoms with Gasteiger partial charge in [-0.2, -0.15) is 0 Å². The molecule has 0 aliphatic heterocycles. The van der Waals surface area contributed by atoms with Gasteiger partial charge in [-0.05, 0) is 37.1 Å². The number of hydrogen-bond donors (Lipinski definition) is 1. The Hall–Kier alpha value is -1.02. The Labute approximate surface area is 86.3 Å². The molecule has 1 N–H and O–H groups in total. The first-order valence-corrected chi connectivity index (χ1v) is 4.98. The van der Waals surface area contributed by atoms with Crippen molar-refractivity contribution in [3.05, 3.63) is 29.3 Å². The lowest BCUT2D eigenvalue weighted by atomic mass is 9.99. The molecule has 0 saturated carbocycles. The Balaban J connectivity index is 2.85. The van der Waals surface area contributed by atoms with Gasteiger partial charge in [0.05, 0.1) is 7.11 Å². The molecule has 0 aromatic heterocycles. The van der Waals surface area contributed by atoms with Crippen LogP contribution in [0.3, 0.4) is 0 Å². The molecule has 0 fully saturated rings. The van der Waals surface area contributed by atoms with Crippen molar-refractivity contribution in [1.82, 2.24) is 5.32 Å². The van der Waals surface area contributed by atoms with Crippen LogP contribution in [0.25, 0.3) is 0 Å². The fourth-order valence-corrected chi connectivity index (χ4v) is 1.63. The van der Waals surface area contributed by atoms with Crippen LogP contribution in [-0.4, -0.2) is 20.7 Å². The van der Waals surface area contributed by atoms with Gasteiger partial charge in [0.25, 0.3) is 0 Å². The minimum Gasteiger partial charge on any atom is -0.496 e. The summed E-state index contributed by atoms with van der Waals surface area (Å²) >= 11 is 0. The number of likely N-dealkylation sites (N-methyl/N-ethyl adjacent to an activating group) is 1. The molecule has 0 aliphatic carbocycles. The third-order valence-electron chi connectivity index (χ3n) is 2.50. The zero-order valence-electron chi connectivity index (χ0n) is 9.42. The molecule has 1 unspecified atom stereocenters. The van der Waals surface area contributed by atoms with Crippen molar-refractivity contribution in [2.45, 2.75) is 19.8 Å². The number of benzene rings is 1. The maximum absolute atomic E-state index is 5.22. The van der Waals surface area contributed by atoms with Crippen molar-refractivity contribution in [2.24, 2.45) is 0 Å². The van der Waals surface area contributed by atoms with Crippen molar-refractivity contribution in [1.29, 1.82) is 0 Å². The van der Waals surface area contributed by atoms with E-state index in [-0.39, 0.29) is 0 Å². The summed E-state index contributed by atoms with van der Waals surface area (Å²) in [6.07, 6.45) is 0. The first-order chi connectivity index (χ1) is 6.69. The molecule has 1 aromatic carbocycles. The Morgan fingerprint density at radius 3 is 2.64 bits per heavy atom. The molecule has 1 rings (SSSR count). The molecule has 0 amide bonds. The highest BCUT2D eigenvalue weighted by molar-refractivity contribution is 5.37. The largest absolute Gasteiger partial charge is 0.496 e. The van der Waals surface area contributed by atoms with Crippen molar-refractivity contribution in [3.8, 4) is 5.75 Å². The summed E-state index contributed by atoms with van der Waals surface area (Å²) in [5, 5.41) is 3.18. The second-order valence-electron chi connectivity index (χ2n) is 3.69. The molecule has 2 nitrogen and oxygen atoms in total. The standard InChI is InChI=1S/C12H19NO/c1-9-7-11(10(2)8-13-3)5-6-12(9)14-4/h5-7,10,13H,8H2,1-4H3. The van der Waals surface area contributed by atoms with Gasteiger partial charge in [-0.25, -0.2) is 0 Å². The molecule has 0 radical (unpaired) electrons. The predicted octanol–water partition coefficient (Wildman–Crippen LogP) is 2.33. The highest BCUT2D eigenvalue weighted by atomic mass is 16.5. The van der Waals surface area contributed by atoms with E-state index in [1.165, 1.54) is 11.1 Å². The van der Waals surface area contributed by atoms with Crippen LogP contribution in [0.1, 0.15) is 24.0 Å². The summed E-state index contributed by atoms with van der Waals surface area (Å²) in [6.45, 7) is 5.30. The summed E-state index contributed by atoms with van der Waals surface area (Å²) in [5.41, 5.74) is 2.56. The Morgan fingerprint density at radius 2 is 2.14 bits per heavy atom. The average Bonchev–Trinajstić information content (AvgIpc) is 2.18. The summed E-state index contributed by atoms with van der Waals surface area (Å²) in [4.78, 5) is 0. The number of ether oxygens (including phenoxy) is 1. The van der Waals surface area contributed by atoms with Crippen LogP contribution in [0.15, 0.2) is 18.2 Å². The third-order valence-corrected chi connectivity index (χ3v) is 2.50. The van der Waals surface area contributed by atoms with Crippen molar-refractivity contribution in [2.75, 3.05) is 20.7 Å². The van der Waals surface area contributed by atoms with Crippen LogP contribution >= 0.6 is 0 Å². The minimum absolute atomic E-state index is 0.546. The summed E-state index contributed by atoms with van der Waals surface area (Å²) in [6, 6.07) is 6.37. The van der Waals surface area contributed by atoms with Gasteiger partial charge in [-0.3, -0.25) is 0 Å². The van der Waals surface area contributed by atoms with Crippen LogP contribution in [-0.2, 0) is 0 Å². The normalized spacial score (nSPS) is 12.6. The van der Waals surface area contributed by atoms with Gasteiger partial charge in [0, 0.05) is 6.54 Å². The fourth-order valence-electron chi connectivity index (χ4n) is 1.63. The molecule has 0 saturated heterocycles. The second-order valence-corrected chi connectivity index (χ2v) is 3.69. The van der Waals surface area contributed by atoms with E-state index in [0.29, 0.717) is 5.92 Å². The molecule has 0 heterocycles. The van der Waals surface area contributed by atoms with E-state index in [4.69, 9.17) is 4.74 Å². The maximum atomic E-state index is 5.22. The summed E-state index contributed by atoms with van der Waals surface area (Å²) in [5.74, 6) is 1.51. The van der Waals surface area contributed by atoms with E-state index in [1.807, 2.05) is 13.1 Å². The number of nitrogens with one attached hydrogen (secondary N) is 1. The zero-order chi connectivity index (χ0) is 10.6. The number of methoxy groups -OCH3 is 1. The van der Waals surface area contributed by atoms with Crippen molar-refractivity contribution < 1.29 is 4.74 Å². The van der Waals surface area contributed by atoms with Crippen molar-refractivity contribution in [3.63, 3.8) is 0 Å². The van der Waals surface area contributed by atoms with Crippen molar-refractivity contribution >= 4 is 0 Å². The Kier molecular flexibility index (Phi) is 3.96. The van der Waals surface area contributed by atoms with Gasteiger partial charge in [0.15, 0.2) is 0 Å². The van der Waals surface area contributed by atoms with E-state index in [0.717, 1.165) is 12.3 Å². The smallest absolute Gasteiger partial charge is 0.121 e. The predicted molar refractivity (Wildman–Crippen MR) is 60.1 cm³/mol. The molecule has 0 aliphatic rings. The number of aryl methyl sites for hydroxylation is 1. The highest BCUT2D eigenvalue weighted by Crippen LogP contribution is 2.22. The number of hydrogen-bond acceptors (Lipinski definition) is 2. The monoisotopic (exact) mass is 193 g/mol. The topological polar surface area (TPSA) is 21.3 Å². The molecule has 1 atom stereocenters. The quantitative estimate of drug-likeness (QED) is 0.792. The second kappa shape index (κ2) is 5.01. The van der Waals surface area contributed by atoms with E-state index in [1.54, 1.807) is 7.11 Å². The van der Waals surface area contributed by atoms with E-state index in [9.17, 15) is 0 Å². The molecule has 0 bridgehead atoms. The average molecular weight is 193 g/mol. The molecule has 2 heteroatoms. The molecule has 14 heavy (non-hydrogen) atoms. The van der Waals surface area contributed by atoms with Gasteiger partial charge in [-0.15, -0.1) is 0 Å². The van der Waals surface area contributed by atoms with Crippen LogP contribution in [0.5, 0.6) is 5.75 Å². The molecular weight excluding hydrogens is 174 g/mol. The van der Waals surface area contributed by atoms with Gasteiger partial charge in [-0.1, -0.05) is 19.1 Å². The first-order valence-electron chi connectivity index (χ1n) is 4.98. The number of rotatable bonds is 4. The Morgan fingerprint density at radius 1 is 1.43 bits per heavy atom. The zero-order valence-corrected chi connectivity index (χ0v) is 9.42. The van der Waals surface area contributed by atoms with Gasteiger partial charge in [0.1, 0.15) is 5.75 Å². The van der Waals surface area contributed by atoms with Gasteiger partial charge >= 0.3 is 0 Å². The van der Waals surface area contributed by atoms with E-state index < -0.39 is 0 Å². The molecular formula is C12H19NO. The van der Waals surface area contributed by atoms with Gasteiger partial charge in [0.2, 0.25) is 0 Å². The lowest BCUT2D eigenvalue weighted by Crippen LogP contribution is -2.14. The van der Waals surface area contributed by atoms with Gasteiger partial charge < -0.3 is 10.1 Å². The molecule has 1 aromatic rings. The summed E-state index contributed by atoms with van der Waals surface area (Å²) in [7, 11) is 3.69. The van der Waals surface area contributed by atoms with Crippen LogP contribution in [0, 0.1) is 6.92 Å². The fraction of sp³-hybridized carbons (Fsp3) is 0.500. The Bertz CT molecular complexity index is 296. The van der Waals surface area contributed by atoms with E-state index >= 15 is 0 Å². The molecule has 78 valence electrons. The lowest BCUT2D eigenvalue weighted by Gasteiger charge is -2.13.